The molecule has 4 heteroatoms. The molecule has 3 rings (SSSR count). The number of rotatable bonds is 1. The molecule has 1 saturated heterocycles. The van der Waals surface area contributed by atoms with Crippen molar-refractivity contribution in [3.05, 3.63) is 29.3 Å². The summed E-state index contributed by atoms with van der Waals surface area (Å²) >= 11 is 1.87. The summed E-state index contributed by atoms with van der Waals surface area (Å²) in [4.78, 5) is 14.6. The summed E-state index contributed by atoms with van der Waals surface area (Å²) in [5.74, 6) is 2.26. The third-order valence-corrected chi connectivity index (χ3v) is 4.90. The zero-order valence-electron chi connectivity index (χ0n) is 11.3. The zero-order chi connectivity index (χ0) is 13.2. The maximum absolute atomic E-state index is 12.7. The lowest BCUT2D eigenvalue weighted by Crippen LogP contribution is -2.51. The van der Waals surface area contributed by atoms with Gasteiger partial charge in [-0.2, -0.15) is 11.8 Å². The lowest BCUT2D eigenvalue weighted by molar-refractivity contribution is -0.120. The second kappa shape index (κ2) is 5.55. The first kappa shape index (κ1) is 13.0. The van der Waals surface area contributed by atoms with Gasteiger partial charge in [-0.15, -0.1) is 0 Å². The van der Waals surface area contributed by atoms with Crippen LogP contribution in [0.15, 0.2) is 18.2 Å². The van der Waals surface area contributed by atoms with Crippen molar-refractivity contribution in [3.8, 4) is 0 Å². The second-order valence-corrected chi connectivity index (χ2v) is 6.46. The number of benzene rings is 1. The Bertz CT molecular complexity index is 483. The molecule has 1 N–H and O–H groups in total. The summed E-state index contributed by atoms with van der Waals surface area (Å²) < 4.78 is 0. The van der Waals surface area contributed by atoms with Gasteiger partial charge in [0.2, 0.25) is 5.91 Å². The predicted octanol–water partition coefficient (Wildman–Crippen LogP) is 1.98. The van der Waals surface area contributed by atoms with Crippen LogP contribution in [0.1, 0.15) is 17.5 Å². The van der Waals surface area contributed by atoms with Gasteiger partial charge in [-0.3, -0.25) is 4.79 Å². The van der Waals surface area contributed by atoms with Crippen molar-refractivity contribution in [2.45, 2.75) is 25.8 Å². The highest BCUT2D eigenvalue weighted by Gasteiger charge is 2.29. The van der Waals surface area contributed by atoms with Gasteiger partial charge in [-0.25, -0.2) is 0 Å². The Balaban J connectivity index is 1.84. The predicted molar refractivity (Wildman–Crippen MR) is 81.0 cm³/mol. The number of aryl methyl sites for hydroxylation is 2. The van der Waals surface area contributed by atoms with Crippen LogP contribution in [0.3, 0.4) is 0 Å². The Morgan fingerprint density at radius 2 is 2.37 bits per heavy atom. The Kier molecular flexibility index (Phi) is 3.80. The zero-order valence-corrected chi connectivity index (χ0v) is 12.1. The van der Waals surface area contributed by atoms with Crippen LogP contribution in [-0.2, 0) is 11.2 Å². The summed E-state index contributed by atoms with van der Waals surface area (Å²) in [5.41, 5.74) is 3.72. The van der Waals surface area contributed by atoms with Gasteiger partial charge in [0, 0.05) is 30.3 Å². The van der Waals surface area contributed by atoms with E-state index >= 15 is 0 Å². The lowest BCUT2D eigenvalue weighted by atomic mass is 9.99. The van der Waals surface area contributed by atoms with Crippen LogP contribution in [0.25, 0.3) is 0 Å². The molecule has 2 aliphatic heterocycles. The summed E-state index contributed by atoms with van der Waals surface area (Å²) in [6.45, 7) is 3.91. The average Bonchev–Trinajstić information content (AvgIpc) is 2.46. The molecular weight excluding hydrogens is 256 g/mol. The molecule has 1 aromatic carbocycles. The van der Waals surface area contributed by atoms with Gasteiger partial charge in [0.1, 0.15) is 0 Å². The van der Waals surface area contributed by atoms with Gasteiger partial charge in [0.15, 0.2) is 0 Å². The fraction of sp³-hybridized carbons (Fsp3) is 0.533. The van der Waals surface area contributed by atoms with Crippen LogP contribution in [0, 0.1) is 6.92 Å². The van der Waals surface area contributed by atoms with Crippen LogP contribution in [0.4, 0.5) is 5.69 Å². The minimum atomic E-state index is -0.00833. The molecule has 0 radical (unpaired) electrons. The molecule has 1 aromatic rings. The average molecular weight is 276 g/mol. The van der Waals surface area contributed by atoms with Gasteiger partial charge < -0.3 is 10.2 Å². The van der Waals surface area contributed by atoms with E-state index in [9.17, 15) is 4.79 Å². The van der Waals surface area contributed by atoms with E-state index in [0.717, 1.165) is 43.1 Å². The molecule has 1 atom stereocenters. The highest BCUT2D eigenvalue weighted by molar-refractivity contribution is 7.99. The molecule has 2 aliphatic rings. The highest BCUT2D eigenvalue weighted by atomic mass is 32.2. The molecule has 0 aromatic heterocycles. The fourth-order valence-corrected chi connectivity index (χ4v) is 3.79. The molecule has 2 heterocycles. The Labute approximate surface area is 118 Å². The van der Waals surface area contributed by atoms with Crippen molar-refractivity contribution in [3.63, 3.8) is 0 Å². The Morgan fingerprint density at radius 3 is 3.16 bits per heavy atom. The normalized spacial score (nSPS) is 23.0. The van der Waals surface area contributed by atoms with Crippen LogP contribution < -0.4 is 10.2 Å². The molecular formula is C15H20N2OS. The smallest absolute Gasteiger partial charge is 0.244 e. The van der Waals surface area contributed by atoms with Crippen LogP contribution >= 0.6 is 11.8 Å². The topological polar surface area (TPSA) is 32.3 Å². The van der Waals surface area contributed by atoms with E-state index in [1.165, 1.54) is 11.1 Å². The molecule has 0 bridgehead atoms. The van der Waals surface area contributed by atoms with Gasteiger partial charge >= 0.3 is 0 Å². The Hall–Kier alpha value is -1.000. The van der Waals surface area contributed by atoms with E-state index in [4.69, 9.17) is 0 Å². The summed E-state index contributed by atoms with van der Waals surface area (Å²) in [6.07, 6.45) is 2.16. The number of carbonyl (C=O) groups is 1. The van der Waals surface area contributed by atoms with Crippen molar-refractivity contribution in [1.82, 2.24) is 5.32 Å². The van der Waals surface area contributed by atoms with E-state index in [2.05, 4.69) is 30.4 Å². The number of thioether (sulfide) groups is 1. The van der Waals surface area contributed by atoms with E-state index < -0.39 is 0 Å². The van der Waals surface area contributed by atoms with Crippen molar-refractivity contribution in [2.75, 3.05) is 29.5 Å². The summed E-state index contributed by atoms with van der Waals surface area (Å²) in [6, 6.07) is 6.43. The third-order valence-electron chi connectivity index (χ3n) is 3.84. The maximum atomic E-state index is 12.7. The third kappa shape index (κ3) is 2.65. The summed E-state index contributed by atoms with van der Waals surface area (Å²) in [5, 5.41) is 3.35. The molecule has 19 heavy (non-hydrogen) atoms. The van der Waals surface area contributed by atoms with Crippen LogP contribution in [0.5, 0.6) is 0 Å². The number of nitrogens with one attached hydrogen (secondary N) is 1. The van der Waals surface area contributed by atoms with Crippen molar-refractivity contribution in [2.24, 2.45) is 0 Å². The molecule has 1 unspecified atom stereocenters. The number of nitrogens with zero attached hydrogens (tertiary/aromatic N) is 1. The number of amides is 1. The first-order valence-corrected chi connectivity index (χ1v) is 8.13. The van der Waals surface area contributed by atoms with Crippen LogP contribution in [0.2, 0.25) is 0 Å². The first-order chi connectivity index (χ1) is 9.25. The quantitative estimate of drug-likeness (QED) is 0.851. The molecule has 3 nitrogen and oxygen atoms in total. The van der Waals surface area contributed by atoms with Crippen LogP contribution in [-0.4, -0.2) is 36.5 Å². The maximum Gasteiger partial charge on any atom is 0.244 e. The largest absolute Gasteiger partial charge is 0.311 e. The SMILES string of the molecule is Cc1ccc2c(c1)CCCN2C(=O)C1CSCCN1. The molecule has 0 aliphatic carbocycles. The molecule has 0 spiro atoms. The van der Waals surface area contributed by atoms with Gasteiger partial charge in [0.05, 0.1) is 6.04 Å². The van der Waals surface area contributed by atoms with Crippen molar-refractivity contribution >= 4 is 23.4 Å². The fourth-order valence-electron chi connectivity index (χ4n) is 2.87. The number of hydrogen-bond donors (Lipinski definition) is 1. The number of hydrogen-bond acceptors (Lipinski definition) is 3. The van der Waals surface area contributed by atoms with E-state index in [1.54, 1.807) is 0 Å². The van der Waals surface area contributed by atoms with E-state index in [1.807, 2.05) is 16.7 Å². The Morgan fingerprint density at radius 1 is 1.47 bits per heavy atom. The standard InChI is InChI=1S/C15H20N2OS/c1-11-4-5-14-12(9-11)3-2-7-17(14)15(18)13-10-19-8-6-16-13/h4-5,9,13,16H,2-3,6-8,10H2,1H3. The van der Waals surface area contributed by atoms with Gasteiger partial charge in [0.25, 0.3) is 0 Å². The minimum absolute atomic E-state index is 0.00833. The van der Waals surface area contributed by atoms with Crippen molar-refractivity contribution in [1.29, 1.82) is 0 Å². The summed E-state index contributed by atoms with van der Waals surface area (Å²) in [7, 11) is 0. The minimum Gasteiger partial charge on any atom is -0.311 e. The van der Waals surface area contributed by atoms with Gasteiger partial charge in [-0.1, -0.05) is 17.7 Å². The second-order valence-electron chi connectivity index (χ2n) is 5.31. The van der Waals surface area contributed by atoms with Crippen molar-refractivity contribution < 1.29 is 4.79 Å². The molecule has 1 amide bonds. The molecule has 0 saturated carbocycles. The van der Waals surface area contributed by atoms with E-state index in [0.29, 0.717) is 0 Å². The number of carbonyl (C=O) groups excluding carboxylic acids is 1. The monoisotopic (exact) mass is 276 g/mol. The lowest BCUT2D eigenvalue weighted by Gasteiger charge is -2.34. The number of anilines is 1. The van der Waals surface area contributed by atoms with E-state index in [-0.39, 0.29) is 11.9 Å². The highest BCUT2D eigenvalue weighted by Crippen LogP contribution is 2.29. The van der Waals surface area contributed by atoms with Gasteiger partial charge in [-0.05, 0) is 31.4 Å². The molecule has 102 valence electrons. The molecule has 1 fully saturated rings. The number of fused-ring (bicyclic) bond motifs is 1. The first-order valence-electron chi connectivity index (χ1n) is 6.98.